The molecular weight excluding hydrogens is 290 g/mol. The molecule has 0 bridgehead atoms. The van der Waals surface area contributed by atoms with Gasteiger partial charge in [-0.3, -0.25) is 4.79 Å². The van der Waals surface area contributed by atoms with Crippen molar-refractivity contribution in [1.29, 1.82) is 0 Å². The number of hydrogen-bond acceptors (Lipinski definition) is 2. The highest BCUT2D eigenvalue weighted by molar-refractivity contribution is 5.76. The first-order chi connectivity index (χ1) is 11.0. The van der Waals surface area contributed by atoms with Crippen molar-refractivity contribution in [1.82, 2.24) is 9.80 Å². The molecule has 0 radical (unpaired) electrons. The number of carbonyl (C=O) groups is 2. The van der Waals surface area contributed by atoms with Crippen LogP contribution in [0, 0.1) is 5.92 Å². The molecular formula is C18H33N3O2. The van der Waals surface area contributed by atoms with Crippen LogP contribution in [0.5, 0.6) is 0 Å². The van der Waals surface area contributed by atoms with Gasteiger partial charge in [0.15, 0.2) is 0 Å². The Kier molecular flexibility index (Phi) is 6.72. The molecule has 0 aromatic carbocycles. The molecule has 1 saturated heterocycles. The lowest BCUT2D eigenvalue weighted by atomic mass is 9.85. The third-order valence-electron chi connectivity index (χ3n) is 5.59. The quantitative estimate of drug-likeness (QED) is 0.844. The highest BCUT2D eigenvalue weighted by atomic mass is 16.2. The molecule has 3 amide bonds. The van der Waals surface area contributed by atoms with Gasteiger partial charge < -0.3 is 15.5 Å². The van der Waals surface area contributed by atoms with Crippen LogP contribution in [-0.2, 0) is 4.79 Å². The van der Waals surface area contributed by atoms with Crippen LogP contribution in [0.25, 0.3) is 0 Å². The maximum absolute atomic E-state index is 12.1. The van der Waals surface area contributed by atoms with E-state index in [1.54, 1.807) is 0 Å². The molecule has 2 N–H and O–H groups in total. The van der Waals surface area contributed by atoms with Crippen LogP contribution in [0.15, 0.2) is 0 Å². The van der Waals surface area contributed by atoms with Gasteiger partial charge in [-0.25, -0.2) is 4.79 Å². The van der Waals surface area contributed by atoms with E-state index < -0.39 is 0 Å². The van der Waals surface area contributed by atoms with Gasteiger partial charge in [0, 0.05) is 31.6 Å². The maximum atomic E-state index is 12.1. The Labute approximate surface area is 140 Å². The number of amides is 3. The first-order valence-electron chi connectivity index (χ1n) is 9.38. The standard InChI is InChI=1S/C18H33N3O2/c1-3-4-5-17(22)20-12-10-16(11-13-20)21(18(19)23)15-8-6-14(2)7-9-15/h14-16H,3-13H2,1-2H3,(H2,19,23). The van der Waals surface area contributed by atoms with E-state index in [2.05, 4.69) is 13.8 Å². The van der Waals surface area contributed by atoms with Crippen LogP contribution in [0.3, 0.4) is 0 Å². The van der Waals surface area contributed by atoms with Gasteiger partial charge in [0.05, 0.1) is 0 Å². The average molecular weight is 323 g/mol. The second kappa shape index (κ2) is 8.55. The molecule has 0 aromatic heterocycles. The Morgan fingerprint density at radius 2 is 1.61 bits per heavy atom. The number of urea groups is 1. The fourth-order valence-corrected chi connectivity index (χ4v) is 4.06. The van der Waals surface area contributed by atoms with E-state index in [1.165, 1.54) is 12.8 Å². The third-order valence-corrected chi connectivity index (χ3v) is 5.59. The number of rotatable bonds is 5. The molecule has 0 atom stereocenters. The summed E-state index contributed by atoms with van der Waals surface area (Å²) in [5, 5.41) is 0. The average Bonchev–Trinajstić information content (AvgIpc) is 2.55. The second-order valence-corrected chi connectivity index (χ2v) is 7.37. The molecule has 0 aromatic rings. The zero-order valence-corrected chi connectivity index (χ0v) is 14.8. The molecule has 132 valence electrons. The summed E-state index contributed by atoms with van der Waals surface area (Å²) in [7, 11) is 0. The predicted molar refractivity (Wildman–Crippen MR) is 92.0 cm³/mol. The first-order valence-corrected chi connectivity index (χ1v) is 9.38. The molecule has 1 saturated carbocycles. The van der Waals surface area contributed by atoms with Crippen molar-refractivity contribution in [2.75, 3.05) is 13.1 Å². The number of primary amides is 1. The van der Waals surface area contributed by atoms with E-state index in [1.807, 2.05) is 9.80 Å². The van der Waals surface area contributed by atoms with Gasteiger partial charge in [0.1, 0.15) is 0 Å². The number of nitrogens with two attached hydrogens (primary N) is 1. The van der Waals surface area contributed by atoms with Gasteiger partial charge >= 0.3 is 6.03 Å². The molecule has 0 unspecified atom stereocenters. The summed E-state index contributed by atoms with van der Waals surface area (Å²) in [6.07, 6.45) is 8.91. The van der Waals surface area contributed by atoms with Gasteiger partial charge in [0.2, 0.25) is 5.91 Å². The number of hydrogen-bond donors (Lipinski definition) is 1. The van der Waals surface area contributed by atoms with Crippen molar-refractivity contribution in [3.8, 4) is 0 Å². The highest BCUT2D eigenvalue weighted by Gasteiger charge is 2.34. The zero-order valence-electron chi connectivity index (χ0n) is 14.8. The summed E-state index contributed by atoms with van der Waals surface area (Å²) in [6.45, 7) is 5.92. The van der Waals surface area contributed by atoms with E-state index >= 15 is 0 Å². The predicted octanol–water partition coefficient (Wildman–Crippen LogP) is 3.13. The van der Waals surface area contributed by atoms with E-state index in [0.29, 0.717) is 12.5 Å². The van der Waals surface area contributed by atoms with Crippen molar-refractivity contribution in [3.63, 3.8) is 0 Å². The van der Waals surface area contributed by atoms with Crippen LogP contribution in [-0.4, -0.2) is 46.9 Å². The first kappa shape index (κ1) is 18.1. The Morgan fingerprint density at radius 3 is 2.13 bits per heavy atom. The van der Waals surface area contributed by atoms with Gasteiger partial charge in [-0.05, 0) is 50.9 Å². The summed E-state index contributed by atoms with van der Waals surface area (Å²) in [4.78, 5) is 28.0. The number of carbonyl (C=O) groups excluding carboxylic acids is 2. The minimum absolute atomic E-state index is 0.209. The molecule has 1 aliphatic heterocycles. The summed E-state index contributed by atoms with van der Waals surface area (Å²) >= 11 is 0. The molecule has 2 aliphatic rings. The monoisotopic (exact) mass is 323 g/mol. The van der Waals surface area contributed by atoms with E-state index in [4.69, 9.17) is 5.73 Å². The number of nitrogens with zero attached hydrogens (tertiary/aromatic N) is 2. The smallest absolute Gasteiger partial charge is 0.315 e. The van der Waals surface area contributed by atoms with E-state index in [0.717, 1.165) is 57.5 Å². The zero-order chi connectivity index (χ0) is 16.8. The van der Waals surface area contributed by atoms with Crippen LogP contribution in [0.2, 0.25) is 0 Å². The minimum Gasteiger partial charge on any atom is -0.351 e. The molecule has 1 aliphatic carbocycles. The largest absolute Gasteiger partial charge is 0.351 e. The van der Waals surface area contributed by atoms with Crippen molar-refractivity contribution in [2.45, 2.75) is 83.7 Å². The fourth-order valence-electron chi connectivity index (χ4n) is 4.06. The fraction of sp³-hybridized carbons (Fsp3) is 0.889. The molecule has 5 nitrogen and oxygen atoms in total. The summed E-state index contributed by atoms with van der Waals surface area (Å²) in [5.41, 5.74) is 5.70. The lowest BCUT2D eigenvalue weighted by Crippen LogP contribution is -2.54. The lowest BCUT2D eigenvalue weighted by molar-refractivity contribution is -0.132. The van der Waals surface area contributed by atoms with Gasteiger partial charge in [0.25, 0.3) is 0 Å². The van der Waals surface area contributed by atoms with Gasteiger partial charge in [-0.2, -0.15) is 0 Å². The van der Waals surface area contributed by atoms with Crippen LogP contribution in [0.4, 0.5) is 4.79 Å². The van der Waals surface area contributed by atoms with Gasteiger partial charge in [-0.1, -0.05) is 20.3 Å². The van der Waals surface area contributed by atoms with Crippen molar-refractivity contribution in [2.24, 2.45) is 11.7 Å². The summed E-state index contributed by atoms with van der Waals surface area (Å²) in [5.74, 6) is 1.03. The Bertz CT molecular complexity index is 397. The topological polar surface area (TPSA) is 66.6 Å². The van der Waals surface area contributed by atoms with Crippen molar-refractivity contribution in [3.05, 3.63) is 0 Å². The SMILES string of the molecule is CCCCC(=O)N1CCC(N(C(N)=O)C2CCC(C)CC2)CC1. The molecule has 23 heavy (non-hydrogen) atoms. The number of likely N-dealkylation sites (tertiary alicyclic amines) is 1. The van der Waals surface area contributed by atoms with Crippen molar-refractivity contribution >= 4 is 11.9 Å². The third kappa shape index (κ3) is 4.85. The van der Waals surface area contributed by atoms with Gasteiger partial charge in [-0.15, -0.1) is 0 Å². The van der Waals surface area contributed by atoms with Crippen LogP contribution >= 0.6 is 0 Å². The molecule has 2 rings (SSSR count). The summed E-state index contributed by atoms with van der Waals surface area (Å²) in [6, 6.07) is 0.234. The molecule has 0 spiro atoms. The highest BCUT2D eigenvalue weighted by Crippen LogP contribution is 2.30. The minimum atomic E-state index is -0.277. The Hall–Kier alpha value is -1.26. The Morgan fingerprint density at radius 1 is 1.04 bits per heavy atom. The second-order valence-electron chi connectivity index (χ2n) is 7.37. The van der Waals surface area contributed by atoms with Crippen LogP contribution in [0.1, 0.15) is 71.6 Å². The van der Waals surface area contributed by atoms with E-state index in [9.17, 15) is 9.59 Å². The molecule has 5 heteroatoms. The molecule has 2 fully saturated rings. The molecule has 1 heterocycles. The lowest BCUT2D eigenvalue weighted by Gasteiger charge is -2.43. The van der Waals surface area contributed by atoms with Crippen molar-refractivity contribution < 1.29 is 9.59 Å². The summed E-state index contributed by atoms with van der Waals surface area (Å²) < 4.78 is 0. The maximum Gasteiger partial charge on any atom is 0.315 e. The Balaban J connectivity index is 1.88. The normalized spacial score (nSPS) is 26.1. The van der Waals surface area contributed by atoms with E-state index in [-0.39, 0.29) is 18.0 Å². The number of unbranched alkanes of at least 4 members (excludes halogenated alkanes) is 1. The van der Waals surface area contributed by atoms with Crippen LogP contribution < -0.4 is 5.73 Å². The number of piperidine rings is 1.